The lowest BCUT2D eigenvalue weighted by Crippen LogP contribution is -2.75. The maximum absolute atomic E-state index is 13.7. The molecule has 0 rings (SSSR count). The van der Waals surface area contributed by atoms with Gasteiger partial charge in [-0.05, 0) is 13.3 Å². The van der Waals surface area contributed by atoms with Crippen molar-refractivity contribution in [3.8, 4) is 0 Å². The summed E-state index contributed by atoms with van der Waals surface area (Å²) in [5.74, 6) is -62.1. The number of halogens is 20. The van der Waals surface area contributed by atoms with Crippen LogP contribution in [0.2, 0.25) is 0 Å². The molecule has 0 aromatic heterocycles. The molecule has 0 aliphatic rings. The smallest absolute Gasteiger partial charge is 0.393 e. The van der Waals surface area contributed by atoms with Crippen LogP contribution in [0.25, 0.3) is 0 Å². The van der Waals surface area contributed by atoms with Crippen molar-refractivity contribution in [2.45, 2.75) is 79.7 Å². The van der Waals surface area contributed by atoms with E-state index in [9.17, 15) is 92.6 Å². The molecule has 0 saturated carbocycles. The molecule has 38 heavy (non-hydrogen) atoms. The van der Waals surface area contributed by atoms with E-state index in [-0.39, 0.29) is 0 Å². The molecule has 226 valence electrons. The molecule has 0 spiro atoms. The lowest BCUT2D eigenvalue weighted by Gasteiger charge is -2.43. The molecule has 0 aromatic carbocycles. The molecule has 0 bridgehead atoms. The predicted molar refractivity (Wildman–Crippen MR) is 80.7 cm³/mol. The van der Waals surface area contributed by atoms with Crippen LogP contribution in [-0.4, -0.2) is 65.9 Å². The normalized spacial score (nSPS) is 16.3. The van der Waals surface area contributed by atoms with Gasteiger partial charge in [-0.25, -0.2) is 9.18 Å². The number of carbonyl (C=O) groups is 1. The third kappa shape index (κ3) is 5.44. The lowest BCUT2D eigenvalue weighted by atomic mass is 9.87. The second-order valence-corrected chi connectivity index (χ2v) is 7.38. The van der Waals surface area contributed by atoms with Crippen LogP contribution in [0.4, 0.5) is 87.8 Å². The van der Waals surface area contributed by atoms with Gasteiger partial charge in [0.25, 0.3) is 0 Å². The molecule has 22 heteroatoms. The van der Waals surface area contributed by atoms with E-state index in [2.05, 4.69) is 11.3 Å². The Balaban J connectivity index is 6.74. The van der Waals surface area contributed by atoms with Crippen LogP contribution in [-0.2, 0) is 9.53 Å². The zero-order valence-electron chi connectivity index (χ0n) is 17.6. The summed E-state index contributed by atoms with van der Waals surface area (Å²) >= 11 is 0. The molecule has 1 atom stereocenters. The molecule has 0 saturated heterocycles. The Morgan fingerprint density at radius 3 is 1.26 bits per heavy atom. The first-order valence-corrected chi connectivity index (χ1v) is 8.83. The Morgan fingerprint density at radius 2 is 0.947 bits per heavy atom. The van der Waals surface area contributed by atoms with Crippen molar-refractivity contribution in [1.82, 2.24) is 0 Å². The lowest BCUT2D eigenvalue weighted by molar-refractivity contribution is -0.469. The fourth-order valence-electron chi connectivity index (χ4n) is 2.12. The second-order valence-electron chi connectivity index (χ2n) is 7.38. The van der Waals surface area contributed by atoms with Crippen molar-refractivity contribution < 1.29 is 97.3 Å². The van der Waals surface area contributed by atoms with E-state index < -0.39 is 84.3 Å². The van der Waals surface area contributed by atoms with Crippen LogP contribution in [0.15, 0.2) is 12.2 Å². The highest BCUT2D eigenvalue weighted by Gasteiger charge is 2.95. The summed E-state index contributed by atoms with van der Waals surface area (Å²) < 4.78 is 268. The molecule has 0 amide bonds. The van der Waals surface area contributed by atoms with Gasteiger partial charge in [0.2, 0.25) is 0 Å². The molecule has 2 nitrogen and oxygen atoms in total. The van der Waals surface area contributed by atoms with E-state index in [1.807, 2.05) is 0 Å². The molecule has 0 heterocycles. The van der Waals surface area contributed by atoms with Gasteiger partial charge in [-0.1, -0.05) is 6.58 Å². The molecule has 1 unspecified atom stereocenters. The van der Waals surface area contributed by atoms with Gasteiger partial charge in [0.05, 0.1) is 0 Å². The first kappa shape index (κ1) is 35.8. The summed E-state index contributed by atoms with van der Waals surface area (Å²) in [6.45, 7) is 2.78. The molecule has 0 aliphatic carbocycles. The van der Waals surface area contributed by atoms with Crippen molar-refractivity contribution in [3.05, 3.63) is 12.2 Å². The zero-order valence-corrected chi connectivity index (χ0v) is 17.6. The molecular formula is C16H10F20O2. The minimum atomic E-state index is -8.92. The first-order valence-electron chi connectivity index (χ1n) is 8.83. The topological polar surface area (TPSA) is 26.3 Å². The quantitative estimate of drug-likeness (QED) is 0.127. The van der Waals surface area contributed by atoms with Crippen LogP contribution in [0, 0.1) is 0 Å². The predicted octanol–water partition coefficient (Wildman–Crippen LogP) is 7.83. The van der Waals surface area contributed by atoms with Gasteiger partial charge >= 0.3 is 59.7 Å². The van der Waals surface area contributed by atoms with Gasteiger partial charge < -0.3 is 4.74 Å². The summed E-state index contributed by atoms with van der Waals surface area (Å²) in [6.07, 6.45) is -24.0. The number of alkyl halides is 20. The van der Waals surface area contributed by atoms with Crippen LogP contribution >= 0.6 is 0 Å². The number of carbonyl (C=O) groups excluding carboxylic acids is 1. The number of esters is 1. The Kier molecular flexibility index (Phi) is 9.21. The highest BCUT2D eigenvalue weighted by atomic mass is 19.4. The monoisotopic (exact) mass is 614 g/mol. The summed E-state index contributed by atoms with van der Waals surface area (Å²) in [6, 6.07) is 0. The molecule has 0 aliphatic heterocycles. The van der Waals surface area contributed by atoms with Gasteiger partial charge in [0.1, 0.15) is 0 Å². The molecule has 0 aromatic rings. The second kappa shape index (κ2) is 9.77. The Labute approximate surface area is 196 Å². The van der Waals surface area contributed by atoms with E-state index in [4.69, 9.17) is 0 Å². The van der Waals surface area contributed by atoms with Gasteiger partial charge in [-0.2, -0.15) is 83.4 Å². The van der Waals surface area contributed by atoms with Gasteiger partial charge in [0, 0.05) is 12.0 Å². The van der Waals surface area contributed by atoms with Gasteiger partial charge in [-0.3, -0.25) is 0 Å². The van der Waals surface area contributed by atoms with E-state index in [0.717, 1.165) is 0 Å². The molecule has 0 fully saturated rings. The molecule has 0 N–H and O–H groups in total. The molecule has 0 radical (unpaired) electrons. The number of rotatable bonds is 12. The van der Waals surface area contributed by atoms with Crippen LogP contribution in [0.1, 0.15) is 19.8 Å². The average Bonchev–Trinajstić information content (AvgIpc) is 2.69. The molecular weight excluding hydrogens is 604 g/mol. The van der Waals surface area contributed by atoms with Crippen LogP contribution < -0.4 is 0 Å². The number of hydrogen-bond acceptors (Lipinski definition) is 2. The Hall–Kier alpha value is -2.19. The third-order valence-electron chi connectivity index (χ3n) is 4.40. The van der Waals surface area contributed by atoms with Gasteiger partial charge in [0.15, 0.2) is 6.17 Å². The maximum Gasteiger partial charge on any atom is 0.473 e. The van der Waals surface area contributed by atoms with Crippen molar-refractivity contribution in [1.29, 1.82) is 0 Å². The van der Waals surface area contributed by atoms with Crippen molar-refractivity contribution in [3.63, 3.8) is 0 Å². The first-order chi connectivity index (χ1) is 16.2. The summed E-state index contributed by atoms with van der Waals surface area (Å²) in [5.41, 5.74) is -1.36. The van der Waals surface area contributed by atoms with E-state index in [1.165, 1.54) is 0 Å². The van der Waals surface area contributed by atoms with E-state index in [1.54, 1.807) is 0 Å². The van der Waals surface area contributed by atoms with Crippen molar-refractivity contribution >= 4 is 5.97 Å². The highest BCUT2D eigenvalue weighted by Crippen LogP contribution is 2.64. The summed E-state index contributed by atoms with van der Waals surface area (Å²) in [5, 5.41) is 0. The minimum Gasteiger partial charge on any atom is -0.393 e. The fraction of sp³-hybridized carbons (Fsp3) is 0.812. The van der Waals surface area contributed by atoms with Crippen LogP contribution in [0.5, 0.6) is 0 Å². The summed E-state index contributed by atoms with van der Waals surface area (Å²) in [7, 11) is 0. The van der Waals surface area contributed by atoms with Crippen molar-refractivity contribution in [2.75, 3.05) is 0 Å². The zero-order chi connectivity index (χ0) is 31.4. The highest BCUT2D eigenvalue weighted by molar-refractivity contribution is 5.87. The van der Waals surface area contributed by atoms with Crippen molar-refractivity contribution in [2.24, 2.45) is 0 Å². The largest absolute Gasteiger partial charge is 0.473 e. The fourth-order valence-corrected chi connectivity index (χ4v) is 2.12. The standard InChI is InChI=1S/C16H10F20O2/c1-5(2)7(37)38-16(35,36)15(33,34)14(31,32)13(29,30)12(27,28)11(25,26)10(23,24)9(21,22)6(17)3-4-8(18,19)20/h6H,1,3-4H2,2H3. The summed E-state index contributed by atoms with van der Waals surface area (Å²) in [4.78, 5) is 10.8. The SMILES string of the molecule is C=C(C)C(=O)OC(F)(F)C(F)(F)C(F)(F)C(F)(F)C(F)(F)C(F)(F)C(F)(F)C(F)(F)C(F)CCC(F)(F)F. The third-order valence-corrected chi connectivity index (χ3v) is 4.40. The maximum atomic E-state index is 13.7. The van der Waals surface area contributed by atoms with Crippen LogP contribution in [0.3, 0.4) is 0 Å². The Bertz CT molecular complexity index is 886. The minimum absolute atomic E-state index is 0.340. The number of ether oxygens (including phenoxy) is 1. The number of hydrogen-bond donors (Lipinski definition) is 0. The van der Waals surface area contributed by atoms with E-state index in [0.29, 0.717) is 6.92 Å². The average molecular weight is 614 g/mol. The Morgan fingerprint density at radius 1 is 0.632 bits per heavy atom. The van der Waals surface area contributed by atoms with E-state index >= 15 is 0 Å². The van der Waals surface area contributed by atoms with Gasteiger partial charge in [-0.15, -0.1) is 0 Å².